The van der Waals surface area contributed by atoms with Crippen LogP contribution >= 0.6 is 11.3 Å². The van der Waals surface area contributed by atoms with Crippen LogP contribution in [0.4, 0.5) is 10.7 Å². The molecular weight excluding hydrogens is 376 g/mol. The monoisotopic (exact) mass is 400 g/mol. The molecule has 0 radical (unpaired) electrons. The third kappa shape index (κ3) is 4.98. The molecule has 0 spiro atoms. The maximum absolute atomic E-state index is 12.4. The van der Waals surface area contributed by atoms with Crippen LogP contribution in [0.3, 0.4) is 0 Å². The first kappa shape index (κ1) is 20.1. The quantitative estimate of drug-likeness (QED) is 0.684. The number of fused-ring (bicyclic) bond motifs is 1. The Morgan fingerprint density at radius 2 is 1.68 bits per heavy atom. The lowest BCUT2D eigenvalue weighted by Gasteiger charge is -2.12. The molecule has 0 bridgehead atoms. The highest BCUT2D eigenvalue weighted by Gasteiger charge is 2.27. The first-order valence-electron chi connectivity index (χ1n) is 9.55. The second-order valence-electron chi connectivity index (χ2n) is 6.60. The van der Waals surface area contributed by atoms with Gasteiger partial charge in [0.15, 0.2) is 0 Å². The van der Waals surface area contributed by atoms with Gasteiger partial charge in [0.25, 0.3) is 0 Å². The summed E-state index contributed by atoms with van der Waals surface area (Å²) in [6.07, 6.45) is 3.98. The van der Waals surface area contributed by atoms with Crippen molar-refractivity contribution >= 4 is 39.8 Å². The Balaban J connectivity index is 1.62. The van der Waals surface area contributed by atoms with E-state index in [9.17, 15) is 14.4 Å². The van der Waals surface area contributed by atoms with Crippen LogP contribution in [0.5, 0.6) is 0 Å². The molecule has 0 aliphatic heterocycles. The second kappa shape index (κ2) is 9.50. The fraction of sp³-hybridized carbons (Fsp3) is 0.381. The summed E-state index contributed by atoms with van der Waals surface area (Å²) in [5.74, 6) is -0.899. The van der Waals surface area contributed by atoms with Gasteiger partial charge in [0.05, 0.1) is 12.2 Å². The Morgan fingerprint density at radius 1 is 1.00 bits per heavy atom. The SMILES string of the molecule is CCOC(=O)c1c(NC(=O)CCC(=O)Nc2ccccc2)sc2c1CCCC2. The fourth-order valence-electron chi connectivity index (χ4n) is 3.23. The smallest absolute Gasteiger partial charge is 0.341 e. The highest BCUT2D eigenvalue weighted by molar-refractivity contribution is 7.17. The molecule has 0 fully saturated rings. The van der Waals surface area contributed by atoms with Gasteiger partial charge in [0.1, 0.15) is 5.00 Å². The van der Waals surface area contributed by atoms with Crippen molar-refractivity contribution in [3.05, 3.63) is 46.3 Å². The molecule has 0 saturated heterocycles. The molecule has 3 rings (SSSR count). The van der Waals surface area contributed by atoms with Gasteiger partial charge in [0.2, 0.25) is 11.8 Å². The van der Waals surface area contributed by atoms with Gasteiger partial charge in [-0.1, -0.05) is 18.2 Å². The number of nitrogens with one attached hydrogen (secondary N) is 2. The predicted octanol–water partition coefficient (Wildman–Crippen LogP) is 4.16. The molecule has 7 heteroatoms. The standard InChI is InChI=1S/C21H24N2O4S/c1-2-27-21(26)19-15-10-6-7-11-16(15)28-20(19)23-18(25)13-12-17(24)22-14-8-4-3-5-9-14/h3-5,8-9H,2,6-7,10-13H2,1H3,(H,22,24)(H,23,25). The van der Waals surface area contributed by atoms with Crippen molar-refractivity contribution in [2.24, 2.45) is 0 Å². The molecule has 1 aromatic carbocycles. The Labute approximate surface area is 168 Å². The van der Waals surface area contributed by atoms with E-state index < -0.39 is 0 Å². The van der Waals surface area contributed by atoms with Crippen LogP contribution in [0.1, 0.15) is 53.4 Å². The number of carbonyl (C=O) groups is 3. The largest absolute Gasteiger partial charge is 0.462 e. The molecule has 2 amide bonds. The topological polar surface area (TPSA) is 84.5 Å². The lowest BCUT2D eigenvalue weighted by molar-refractivity contribution is -0.121. The van der Waals surface area contributed by atoms with Gasteiger partial charge in [0, 0.05) is 23.4 Å². The first-order chi connectivity index (χ1) is 13.6. The van der Waals surface area contributed by atoms with E-state index in [1.165, 1.54) is 11.3 Å². The highest BCUT2D eigenvalue weighted by atomic mass is 32.1. The number of hydrogen-bond acceptors (Lipinski definition) is 5. The Morgan fingerprint density at radius 3 is 2.39 bits per heavy atom. The lowest BCUT2D eigenvalue weighted by Crippen LogP contribution is -2.18. The van der Waals surface area contributed by atoms with Crippen LogP contribution in [0.15, 0.2) is 30.3 Å². The van der Waals surface area contributed by atoms with Gasteiger partial charge in [-0.25, -0.2) is 4.79 Å². The van der Waals surface area contributed by atoms with Gasteiger partial charge in [-0.15, -0.1) is 11.3 Å². The Bertz CT molecular complexity index is 861. The molecule has 0 atom stereocenters. The van der Waals surface area contributed by atoms with Crippen molar-refractivity contribution < 1.29 is 19.1 Å². The van der Waals surface area contributed by atoms with Crippen LogP contribution in [0.2, 0.25) is 0 Å². The molecule has 1 heterocycles. The minimum Gasteiger partial charge on any atom is -0.462 e. The normalized spacial score (nSPS) is 12.8. The number of hydrogen-bond donors (Lipinski definition) is 2. The molecule has 1 aliphatic carbocycles. The van der Waals surface area contributed by atoms with Crippen LogP contribution in [0.25, 0.3) is 0 Å². The predicted molar refractivity (Wildman–Crippen MR) is 110 cm³/mol. The van der Waals surface area contributed by atoms with Gasteiger partial charge in [-0.2, -0.15) is 0 Å². The summed E-state index contributed by atoms with van der Waals surface area (Å²) >= 11 is 1.45. The maximum Gasteiger partial charge on any atom is 0.341 e. The van der Waals surface area contributed by atoms with E-state index in [4.69, 9.17) is 4.74 Å². The number of amides is 2. The molecule has 1 aliphatic rings. The first-order valence-corrected chi connectivity index (χ1v) is 10.4. The molecule has 2 aromatic rings. The molecule has 1 aromatic heterocycles. The summed E-state index contributed by atoms with van der Waals surface area (Å²) in [5.41, 5.74) is 2.19. The van der Waals surface area contributed by atoms with Crippen LogP contribution < -0.4 is 10.6 Å². The molecule has 6 nitrogen and oxygen atoms in total. The van der Waals surface area contributed by atoms with Crippen molar-refractivity contribution in [2.45, 2.75) is 45.4 Å². The van der Waals surface area contributed by atoms with Crippen molar-refractivity contribution in [3.63, 3.8) is 0 Å². The number of ether oxygens (including phenoxy) is 1. The third-order valence-corrected chi connectivity index (χ3v) is 5.75. The van der Waals surface area contributed by atoms with Crippen LogP contribution in [-0.2, 0) is 27.2 Å². The van der Waals surface area contributed by atoms with Gasteiger partial charge in [-0.3, -0.25) is 9.59 Å². The number of benzene rings is 1. The number of esters is 1. The maximum atomic E-state index is 12.4. The summed E-state index contributed by atoms with van der Waals surface area (Å²) in [6.45, 7) is 2.05. The van der Waals surface area contributed by atoms with E-state index in [2.05, 4.69) is 10.6 Å². The molecular formula is C21H24N2O4S. The summed E-state index contributed by atoms with van der Waals surface area (Å²) in [5, 5.41) is 6.12. The average Bonchev–Trinajstić information content (AvgIpc) is 3.05. The summed E-state index contributed by atoms with van der Waals surface area (Å²) < 4.78 is 5.19. The van der Waals surface area contributed by atoms with E-state index in [1.54, 1.807) is 19.1 Å². The van der Waals surface area contributed by atoms with Gasteiger partial charge in [-0.05, 0) is 50.3 Å². The molecule has 28 heavy (non-hydrogen) atoms. The average molecular weight is 401 g/mol. The Hall–Kier alpha value is -2.67. The van der Waals surface area contributed by atoms with Gasteiger partial charge < -0.3 is 15.4 Å². The van der Waals surface area contributed by atoms with Crippen LogP contribution in [0, 0.1) is 0 Å². The van der Waals surface area contributed by atoms with E-state index >= 15 is 0 Å². The number of aryl methyl sites for hydroxylation is 1. The Kier molecular flexibility index (Phi) is 6.81. The number of anilines is 2. The van der Waals surface area contributed by atoms with E-state index in [-0.39, 0.29) is 37.2 Å². The van der Waals surface area contributed by atoms with Crippen molar-refractivity contribution in [2.75, 3.05) is 17.2 Å². The zero-order chi connectivity index (χ0) is 19.9. The van der Waals surface area contributed by atoms with Crippen molar-refractivity contribution in [1.29, 1.82) is 0 Å². The minimum absolute atomic E-state index is 0.0451. The van der Waals surface area contributed by atoms with E-state index in [0.29, 0.717) is 16.3 Å². The number of thiophene rings is 1. The molecule has 148 valence electrons. The highest BCUT2D eigenvalue weighted by Crippen LogP contribution is 2.38. The number of rotatable bonds is 7. The summed E-state index contributed by atoms with van der Waals surface area (Å²) in [7, 11) is 0. The molecule has 0 saturated carbocycles. The van der Waals surface area contributed by atoms with E-state index in [0.717, 1.165) is 36.1 Å². The zero-order valence-corrected chi connectivity index (χ0v) is 16.7. The molecule has 2 N–H and O–H groups in total. The van der Waals surface area contributed by atoms with Crippen LogP contribution in [-0.4, -0.2) is 24.4 Å². The fourth-order valence-corrected chi connectivity index (χ4v) is 4.53. The van der Waals surface area contributed by atoms with E-state index in [1.807, 2.05) is 18.2 Å². The summed E-state index contributed by atoms with van der Waals surface area (Å²) in [4.78, 5) is 38.0. The molecule has 0 unspecified atom stereocenters. The minimum atomic E-state index is -0.390. The summed E-state index contributed by atoms with van der Waals surface area (Å²) in [6, 6.07) is 9.11. The zero-order valence-electron chi connectivity index (χ0n) is 15.9. The van der Waals surface area contributed by atoms with Crippen molar-refractivity contribution in [1.82, 2.24) is 0 Å². The lowest BCUT2D eigenvalue weighted by atomic mass is 9.95. The number of para-hydroxylation sites is 1. The third-order valence-electron chi connectivity index (χ3n) is 4.54. The van der Waals surface area contributed by atoms with Gasteiger partial charge >= 0.3 is 5.97 Å². The number of carbonyl (C=O) groups excluding carboxylic acids is 3. The van der Waals surface area contributed by atoms with Crippen molar-refractivity contribution in [3.8, 4) is 0 Å². The second-order valence-corrected chi connectivity index (χ2v) is 7.70.